The number of guanidine groups is 1. The molecule has 0 spiro atoms. The highest BCUT2D eigenvalue weighted by molar-refractivity contribution is 14.0. The first-order valence-corrected chi connectivity index (χ1v) is 8.96. The molecule has 0 aliphatic carbocycles. The number of nitrogens with one attached hydrogen (secondary N) is 1. The van der Waals surface area contributed by atoms with Crippen LogP contribution in [0.2, 0.25) is 0 Å². The van der Waals surface area contributed by atoms with Crippen LogP contribution in [0.3, 0.4) is 0 Å². The molecule has 0 saturated carbocycles. The molecule has 6 nitrogen and oxygen atoms in total. The Bertz CT molecular complexity index is 562. The molecule has 1 aromatic carbocycles. The van der Waals surface area contributed by atoms with Gasteiger partial charge in [-0.15, -0.1) is 24.0 Å². The predicted molar refractivity (Wildman–Crippen MR) is 118 cm³/mol. The number of hydrogen-bond acceptors (Lipinski definition) is 3. The molecule has 0 bridgehead atoms. The van der Waals surface area contributed by atoms with Crippen LogP contribution < -0.4 is 10.1 Å². The van der Waals surface area contributed by atoms with E-state index >= 15 is 0 Å². The fraction of sp³-hybridized carbons (Fsp3) is 0.579. The molecule has 0 fully saturated rings. The Morgan fingerprint density at radius 3 is 2.42 bits per heavy atom. The van der Waals surface area contributed by atoms with Gasteiger partial charge in [-0.05, 0) is 26.8 Å². The van der Waals surface area contributed by atoms with E-state index in [4.69, 9.17) is 4.74 Å². The van der Waals surface area contributed by atoms with Gasteiger partial charge in [-0.25, -0.2) is 0 Å². The number of aliphatic imine (C=N–C) groups is 1. The highest BCUT2D eigenvalue weighted by Gasteiger charge is 2.11. The van der Waals surface area contributed by atoms with E-state index in [2.05, 4.69) is 10.3 Å². The number of hydrogen-bond donors (Lipinski definition) is 1. The average molecular weight is 476 g/mol. The second kappa shape index (κ2) is 13.7. The molecule has 0 radical (unpaired) electrons. The molecular weight excluding hydrogens is 443 g/mol. The van der Waals surface area contributed by atoms with Gasteiger partial charge in [0.05, 0.1) is 13.7 Å². The topological polar surface area (TPSA) is 57.2 Å². The molecular formula is C19H33IN4O2. The molecule has 1 amide bonds. The van der Waals surface area contributed by atoms with Crippen LogP contribution in [-0.4, -0.2) is 62.0 Å². The number of methoxy groups -OCH3 is 1. The Labute approximate surface area is 175 Å². The largest absolute Gasteiger partial charge is 0.496 e. The first-order chi connectivity index (χ1) is 12.1. The molecule has 1 N–H and O–H groups in total. The van der Waals surface area contributed by atoms with E-state index in [0.717, 1.165) is 36.9 Å². The van der Waals surface area contributed by atoms with Gasteiger partial charge in [0.15, 0.2) is 5.96 Å². The first kappa shape index (κ1) is 24.5. The summed E-state index contributed by atoms with van der Waals surface area (Å²) in [7, 11) is 3.66. The smallest absolute Gasteiger partial charge is 0.224 e. The summed E-state index contributed by atoms with van der Waals surface area (Å²) in [6.07, 6.45) is 0.430. The van der Waals surface area contributed by atoms with E-state index in [1.165, 1.54) is 0 Å². The second-order valence-electron chi connectivity index (χ2n) is 5.72. The monoisotopic (exact) mass is 476 g/mol. The SMILES string of the molecule is CCNC(=NCCC(=O)N(CC)CC)N(C)Cc1ccccc1OC.I. The highest BCUT2D eigenvalue weighted by atomic mass is 127. The lowest BCUT2D eigenvalue weighted by Gasteiger charge is -2.23. The number of carbonyl (C=O) groups excluding carboxylic acids is 1. The molecule has 7 heteroatoms. The van der Waals surface area contributed by atoms with Crippen LogP contribution in [-0.2, 0) is 11.3 Å². The van der Waals surface area contributed by atoms with Crippen molar-refractivity contribution in [2.75, 3.05) is 40.3 Å². The molecule has 0 aliphatic heterocycles. The van der Waals surface area contributed by atoms with Crippen LogP contribution in [0.5, 0.6) is 5.75 Å². The van der Waals surface area contributed by atoms with Gasteiger partial charge in [0.1, 0.15) is 5.75 Å². The van der Waals surface area contributed by atoms with E-state index in [9.17, 15) is 4.79 Å². The van der Waals surface area contributed by atoms with E-state index < -0.39 is 0 Å². The minimum absolute atomic E-state index is 0. The Morgan fingerprint density at radius 2 is 1.85 bits per heavy atom. The van der Waals surface area contributed by atoms with Gasteiger partial charge < -0.3 is 19.9 Å². The van der Waals surface area contributed by atoms with Crippen molar-refractivity contribution >= 4 is 35.8 Å². The van der Waals surface area contributed by atoms with Gasteiger partial charge in [0.25, 0.3) is 0 Å². The summed E-state index contributed by atoms with van der Waals surface area (Å²) >= 11 is 0. The molecule has 0 unspecified atom stereocenters. The summed E-state index contributed by atoms with van der Waals surface area (Å²) in [5, 5.41) is 3.28. The number of halogens is 1. The molecule has 0 saturated heterocycles. The number of rotatable bonds is 9. The van der Waals surface area contributed by atoms with E-state index in [1.54, 1.807) is 7.11 Å². The van der Waals surface area contributed by atoms with Crippen molar-refractivity contribution in [2.45, 2.75) is 33.7 Å². The molecule has 1 aromatic rings. The lowest BCUT2D eigenvalue weighted by molar-refractivity contribution is -0.130. The van der Waals surface area contributed by atoms with Gasteiger partial charge in [0, 0.05) is 45.2 Å². The van der Waals surface area contributed by atoms with Gasteiger partial charge in [0.2, 0.25) is 5.91 Å². The number of benzene rings is 1. The number of nitrogens with zero attached hydrogens (tertiary/aromatic N) is 3. The Kier molecular flexibility index (Phi) is 12.9. The van der Waals surface area contributed by atoms with Gasteiger partial charge in [-0.2, -0.15) is 0 Å². The predicted octanol–water partition coefficient (Wildman–Crippen LogP) is 2.97. The normalized spacial score (nSPS) is 10.7. The van der Waals surface area contributed by atoms with E-state index in [1.807, 2.05) is 61.9 Å². The van der Waals surface area contributed by atoms with Crippen LogP contribution in [0, 0.1) is 0 Å². The van der Waals surface area contributed by atoms with Gasteiger partial charge >= 0.3 is 0 Å². The minimum atomic E-state index is 0. The molecule has 0 atom stereocenters. The maximum absolute atomic E-state index is 12.1. The third-order valence-electron chi connectivity index (χ3n) is 4.00. The lowest BCUT2D eigenvalue weighted by Crippen LogP contribution is -2.39. The van der Waals surface area contributed by atoms with Crippen molar-refractivity contribution in [1.82, 2.24) is 15.1 Å². The standard InChI is InChI=1S/C19H32N4O2.HI/c1-6-20-19(21-14-13-18(24)23(7-2)8-3)22(4)15-16-11-9-10-12-17(16)25-5;/h9-12H,6-8,13-15H2,1-5H3,(H,20,21);1H. The Balaban J connectivity index is 0.00000625. The number of para-hydroxylation sites is 1. The summed E-state index contributed by atoms with van der Waals surface area (Å²) < 4.78 is 5.41. The van der Waals surface area contributed by atoms with Crippen LogP contribution in [0.15, 0.2) is 29.3 Å². The van der Waals surface area contributed by atoms with Gasteiger partial charge in [-0.1, -0.05) is 18.2 Å². The molecule has 148 valence electrons. The van der Waals surface area contributed by atoms with E-state index in [-0.39, 0.29) is 29.9 Å². The fourth-order valence-electron chi connectivity index (χ4n) is 2.63. The minimum Gasteiger partial charge on any atom is -0.496 e. The zero-order chi connectivity index (χ0) is 18.7. The zero-order valence-electron chi connectivity index (χ0n) is 16.6. The van der Waals surface area contributed by atoms with Crippen molar-refractivity contribution in [2.24, 2.45) is 4.99 Å². The van der Waals surface area contributed by atoms with Crippen molar-refractivity contribution in [1.29, 1.82) is 0 Å². The third kappa shape index (κ3) is 7.80. The van der Waals surface area contributed by atoms with Crippen molar-refractivity contribution in [3.05, 3.63) is 29.8 Å². The number of carbonyl (C=O) groups is 1. The summed E-state index contributed by atoms with van der Waals surface area (Å²) in [6, 6.07) is 7.96. The molecule has 0 heterocycles. The van der Waals surface area contributed by atoms with Crippen LogP contribution in [0.4, 0.5) is 0 Å². The molecule has 26 heavy (non-hydrogen) atoms. The van der Waals surface area contributed by atoms with Crippen molar-refractivity contribution in [3.8, 4) is 5.75 Å². The Hall–Kier alpha value is -1.51. The number of ether oxygens (including phenoxy) is 1. The van der Waals surface area contributed by atoms with Crippen molar-refractivity contribution < 1.29 is 9.53 Å². The Morgan fingerprint density at radius 1 is 1.19 bits per heavy atom. The summed E-state index contributed by atoms with van der Waals surface area (Å²) in [6.45, 7) is 9.45. The van der Waals surface area contributed by atoms with Crippen LogP contribution >= 0.6 is 24.0 Å². The lowest BCUT2D eigenvalue weighted by atomic mass is 10.2. The third-order valence-corrected chi connectivity index (χ3v) is 4.00. The van der Waals surface area contributed by atoms with Crippen LogP contribution in [0.1, 0.15) is 32.8 Å². The maximum Gasteiger partial charge on any atom is 0.224 e. The molecule has 0 aliphatic rings. The second-order valence-corrected chi connectivity index (χ2v) is 5.72. The van der Waals surface area contributed by atoms with Crippen LogP contribution in [0.25, 0.3) is 0 Å². The summed E-state index contributed by atoms with van der Waals surface area (Å²) in [4.78, 5) is 20.6. The zero-order valence-corrected chi connectivity index (χ0v) is 18.9. The quantitative estimate of drug-likeness (QED) is 0.338. The van der Waals surface area contributed by atoms with E-state index in [0.29, 0.717) is 19.5 Å². The number of amides is 1. The summed E-state index contributed by atoms with van der Waals surface area (Å²) in [5.74, 6) is 1.81. The molecule has 1 rings (SSSR count). The maximum atomic E-state index is 12.1. The fourth-order valence-corrected chi connectivity index (χ4v) is 2.63. The first-order valence-electron chi connectivity index (χ1n) is 8.96. The van der Waals surface area contributed by atoms with Gasteiger partial charge in [-0.3, -0.25) is 9.79 Å². The summed E-state index contributed by atoms with van der Waals surface area (Å²) in [5.41, 5.74) is 1.09. The molecule has 0 aromatic heterocycles. The highest BCUT2D eigenvalue weighted by Crippen LogP contribution is 2.18. The van der Waals surface area contributed by atoms with Crippen molar-refractivity contribution in [3.63, 3.8) is 0 Å². The average Bonchev–Trinajstić information content (AvgIpc) is 2.62.